The lowest BCUT2D eigenvalue weighted by atomic mass is 10.2. The number of benzene rings is 1. The number of nitriles is 1. The number of carboxylic acids is 1. The van der Waals surface area contributed by atoms with Crippen molar-refractivity contribution in [3.8, 4) is 11.8 Å². The molecule has 0 aliphatic carbocycles. The predicted molar refractivity (Wildman–Crippen MR) is 71.1 cm³/mol. The molecule has 0 saturated heterocycles. The molecule has 2 unspecified atom stereocenters. The third-order valence-electron chi connectivity index (χ3n) is 2.55. The van der Waals surface area contributed by atoms with E-state index < -0.39 is 24.0 Å². The number of aliphatic carboxylic acids is 1. The van der Waals surface area contributed by atoms with E-state index in [0.29, 0.717) is 11.3 Å². The number of carboxylic acid groups (broad SMARTS) is 1. The molecular formula is C14H16N2O4. The molecule has 1 amide bonds. The van der Waals surface area contributed by atoms with Crippen molar-refractivity contribution in [2.75, 3.05) is 0 Å². The van der Waals surface area contributed by atoms with Gasteiger partial charge < -0.3 is 15.2 Å². The minimum Gasteiger partial charge on any atom is -0.481 e. The zero-order chi connectivity index (χ0) is 15.1. The first kappa shape index (κ1) is 15.5. The molecule has 0 spiro atoms. The van der Waals surface area contributed by atoms with E-state index in [-0.39, 0.29) is 6.42 Å². The van der Waals surface area contributed by atoms with Gasteiger partial charge in [0, 0.05) is 6.04 Å². The second-order valence-corrected chi connectivity index (χ2v) is 4.38. The zero-order valence-electron chi connectivity index (χ0n) is 11.3. The lowest BCUT2D eigenvalue weighted by Gasteiger charge is -2.18. The molecule has 1 aromatic rings. The minimum atomic E-state index is -0.985. The van der Waals surface area contributed by atoms with E-state index in [1.54, 1.807) is 31.2 Å². The number of amides is 1. The molecule has 0 bridgehead atoms. The maximum atomic E-state index is 11.8. The quantitative estimate of drug-likeness (QED) is 0.816. The molecule has 0 fully saturated rings. The van der Waals surface area contributed by atoms with Gasteiger partial charge in [0.15, 0.2) is 6.10 Å². The van der Waals surface area contributed by atoms with Crippen molar-refractivity contribution < 1.29 is 19.4 Å². The second kappa shape index (κ2) is 7.14. The molecule has 6 heteroatoms. The maximum absolute atomic E-state index is 11.8. The van der Waals surface area contributed by atoms with Crippen LogP contribution in [-0.2, 0) is 9.59 Å². The summed E-state index contributed by atoms with van der Waals surface area (Å²) in [5.41, 5.74) is 0.339. The van der Waals surface area contributed by atoms with Crippen molar-refractivity contribution in [1.29, 1.82) is 5.26 Å². The fourth-order valence-corrected chi connectivity index (χ4v) is 1.58. The van der Waals surface area contributed by atoms with Gasteiger partial charge in [0.1, 0.15) is 11.8 Å². The largest absolute Gasteiger partial charge is 0.481 e. The summed E-state index contributed by atoms with van der Waals surface area (Å²) in [4.78, 5) is 22.3. The SMILES string of the molecule is CC(CC(=O)O)NC(=O)C(C)Oc1ccccc1C#N. The van der Waals surface area contributed by atoms with Crippen LogP contribution in [0, 0.1) is 11.3 Å². The number of ether oxygens (including phenoxy) is 1. The number of hydrogen-bond donors (Lipinski definition) is 2. The first-order valence-electron chi connectivity index (χ1n) is 6.12. The van der Waals surface area contributed by atoms with Crippen LogP contribution in [-0.4, -0.2) is 29.1 Å². The fraction of sp³-hybridized carbons (Fsp3) is 0.357. The highest BCUT2D eigenvalue weighted by Crippen LogP contribution is 2.18. The van der Waals surface area contributed by atoms with Crippen LogP contribution in [0.4, 0.5) is 0 Å². The highest BCUT2D eigenvalue weighted by Gasteiger charge is 2.19. The molecule has 106 valence electrons. The van der Waals surface area contributed by atoms with Crippen molar-refractivity contribution in [2.45, 2.75) is 32.4 Å². The summed E-state index contributed by atoms with van der Waals surface area (Å²) in [6.07, 6.45) is -0.978. The molecule has 0 aliphatic heterocycles. The first-order valence-corrected chi connectivity index (χ1v) is 6.12. The number of nitrogens with one attached hydrogen (secondary N) is 1. The zero-order valence-corrected chi connectivity index (χ0v) is 11.3. The van der Waals surface area contributed by atoms with Crippen LogP contribution in [0.3, 0.4) is 0 Å². The third kappa shape index (κ3) is 4.61. The average Bonchev–Trinajstić information content (AvgIpc) is 2.38. The van der Waals surface area contributed by atoms with Crippen LogP contribution in [0.25, 0.3) is 0 Å². The summed E-state index contributed by atoms with van der Waals surface area (Å²) in [5, 5.41) is 20.1. The van der Waals surface area contributed by atoms with Crippen molar-refractivity contribution >= 4 is 11.9 Å². The average molecular weight is 276 g/mol. The number of rotatable bonds is 6. The minimum absolute atomic E-state index is 0.159. The second-order valence-electron chi connectivity index (χ2n) is 4.38. The number of nitrogens with zero attached hydrogens (tertiary/aromatic N) is 1. The van der Waals surface area contributed by atoms with Gasteiger partial charge in [0.05, 0.1) is 12.0 Å². The standard InChI is InChI=1S/C14H16N2O4/c1-9(7-13(17)18)16-14(19)10(2)20-12-6-4-3-5-11(12)8-15/h3-6,9-10H,7H2,1-2H3,(H,16,19)(H,17,18). The molecule has 0 heterocycles. The van der Waals surface area contributed by atoms with Gasteiger partial charge in [-0.05, 0) is 26.0 Å². The van der Waals surface area contributed by atoms with Gasteiger partial charge in [-0.1, -0.05) is 12.1 Å². The van der Waals surface area contributed by atoms with Crippen molar-refractivity contribution in [1.82, 2.24) is 5.32 Å². The van der Waals surface area contributed by atoms with Crippen molar-refractivity contribution in [3.05, 3.63) is 29.8 Å². The maximum Gasteiger partial charge on any atom is 0.305 e. The smallest absolute Gasteiger partial charge is 0.305 e. The molecule has 0 aliphatic rings. The fourth-order valence-electron chi connectivity index (χ4n) is 1.58. The monoisotopic (exact) mass is 276 g/mol. The molecule has 0 saturated carbocycles. The Morgan fingerprint density at radius 2 is 2.05 bits per heavy atom. The van der Waals surface area contributed by atoms with E-state index in [4.69, 9.17) is 15.1 Å². The van der Waals surface area contributed by atoms with Crippen molar-refractivity contribution in [2.24, 2.45) is 0 Å². The molecule has 20 heavy (non-hydrogen) atoms. The van der Waals surface area contributed by atoms with Gasteiger partial charge in [-0.2, -0.15) is 5.26 Å². The number of carbonyl (C=O) groups excluding carboxylic acids is 1. The Balaban J connectivity index is 2.62. The van der Waals surface area contributed by atoms with Crippen LogP contribution in [0.15, 0.2) is 24.3 Å². The molecule has 2 atom stereocenters. The third-order valence-corrected chi connectivity index (χ3v) is 2.55. The molecule has 0 aromatic heterocycles. The van der Waals surface area contributed by atoms with Gasteiger partial charge in [0.2, 0.25) is 0 Å². The predicted octanol–water partition coefficient (Wildman–Crippen LogP) is 1.30. The molecule has 1 rings (SSSR count). The first-order chi connectivity index (χ1) is 9.43. The van der Waals surface area contributed by atoms with E-state index in [1.165, 1.54) is 6.92 Å². The van der Waals surface area contributed by atoms with E-state index in [2.05, 4.69) is 5.32 Å². The topological polar surface area (TPSA) is 99.4 Å². The van der Waals surface area contributed by atoms with Gasteiger partial charge in [-0.3, -0.25) is 9.59 Å². The van der Waals surface area contributed by atoms with E-state index in [1.807, 2.05) is 6.07 Å². The van der Waals surface area contributed by atoms with Gasteiger partial charge >= 0.3 is 5.97 Å². The van der Waals surface area contributed by atoms with Gasteiger partial charge in [0.25, 0.3) is 5.91 Å². The summed E-state index contributed by atoms with van der Waals surface area (Å²) >= 11 is 0. The summed E-state index contributed by atoms with van der Waals surface area (Å²) in [7, 11) is 0. The van der Waals surface area contributed by atoms with Gasteiger partial charge in [-0.15, -0.1) is 0 Å². The Morgan fingerprint density at radius 1 is 1.40 bits per heavy atom. The lowest BCUT2D eigenvalue weighted by molar-refractivity contribution is -0.137. The summed E-state index contributed by atoms with van der Waals surface area (Å²) in [6, 6.07) is 8.08. The van der Waals surface area contributed by atoms with E-state index in [0.717, 1.165) is 0 Å². The van der Waals surface area contributed by atoms with Crippen LogP contribution in [0.2, 0.25) is 0 Å². The molecule has 1 aromatic carbocycles. The highest BCUT2D eigenvalue weighted by molar-refractivity contribution is 5.81. The molecule has 6 nitrogen and oxygen atoms in total. The Labute approximate surface area is 117 Å². The van der Waals surface area contributed by atoms with Gasteiger partial charge in [-0.25, -0.2) is 0 Å². The summed E-state index contributed by atoms with van der Waals surface area (Å²) in [6.45, 7) is 3.14. The highest BCUT2D eigenvalue weighted by atomic mass is 16.5. The van der Waals surface area contributed by atoms with Crippen LogP contribution < -0.4 is 10.1 Å². The van der Waals surface area contributed by atoms with Crippen LogP contribution >= 0.6 is 0 Å². The molecule has 2 N–H and O–H groups in total. The summed E-state index contributed by atoms with van der Waals surface area (Å²) < 4.78 is 5.42. The van der Waals surface area contributed by atoms with E-state index >= 15 is 0 Å². The molecular weight excluding hydrogens is 260 g/mol. The summed E-state index contributed by atoms with van der Waals surface area (Å²) in [5.74, 6) is -1.09. The van der Waals surface area contributed by atoms with Crippen LogP contribution in [0.5, 0.6) is 5.75 Å². The van der Waals surface area contributed by atoms with Crippen LogP contribution in [0.1, 0.15) is 25.8 Å². The Kier molecular flexibility index (Phi) is 5.54. The van der Waals surface area contributed by atoms with E-state index in [9.17, 15) is 9.59 Å². The normalized spacial score (nSPS) is 12.8. The number of para-hydroxylation sites is 1. The number of hydrogen-bond acceptors (Lipinski definition) is 4. The lowest BCUT2D eigenvalue weighted by Crippen LogP contribution is -2.42. The van der Waals surface area contributed by atoms with Crippen molar-refractivity contribution in [3.63, 3.8) is 0 Å². The molecule has 0 radical (unpaired) electrons. The Morgan fingerprint density at radius 3 is 2.65 bits per heavy atom. The Hall–Kier alpha value is -2.55. The Bertz CT molecular complexity index is 536. The number of carbonyl (C=O) groups is 2.